The molecule has 1 aliphatic heterocycles. The van der Waals surface area contributed by atoms with Gasteiger partial charge in [0.05, 0.1) is 6.61 Å². The van der Waals surface area contributed by atoms with E-state index in [0.717, 1.165) is 35.1 Å². The lowest BCUT2D eigenvalue weighted by Crippen LogP contribution is -2.25. The first-order chi connectivity index (χ1) is 9.60. The van der Waals surface area contributed by atoms with E-state index in [4.69, 9.17) is 4.74 Å². The number of carbonyl (C=O) groups excluding carboxylic acids is 2. The van der Waals surface area contributed by atoms with Crippen molar-refractivity contribution in [2.45, 2.75) is 20.3 Å². The summed E-state index contributed by atoms with van der Waals surface area (Å²) in [6.45, 7) is 4.42. The number of hydrogen-bond donors (Lipinski definition) is 1. The first-order valence-electron chi connectivity index (χ1n) is 6.71. The van der Waals surface area contributed by atoms with Gasteiger partial charge in [0, 0.05) is 30.1 Å². The predicted octanol–water partition coefficient (Wildman–Crippen LogP) is 2.25. The van der Waals surface area contributed by atoms with Crippen LogP contribution in [0.3, 0.4) is 0 Å². The molecule has 2 heterocycles. The van der Waals surface area contributed by atoms with Gasteiger partial charge in [-0.25, -0.2) is 4.79 Å². The van der Waals surface area contributed by atoms with E-state index in [-0.39, 0.29) is 11.9 Å². The zero-order chi connectivity index (χ0) is 14.3. The molecule has 0 fully saturated rings. The average molecular weight is 272 g/mol. The number of rotatable bonds is 2. The summed E-state index contributed by atoms with van der Waals surface area (Å²) in [7, 11) is 0. The van der Waals surface area contributed by atoms with E-state index >= 15 is 0 Å². The third-order valence-corrected chi connectivity index (χ3v) is 3.59. The van der Waals surface area contributed by atoms with Crippen LogP contribution in [0.15, 0.2) is 18.2 Å². The number of carbonyl (C=O) groups is 2. The summed E-state index contributed by atoms with van der Waals surface area (Å²) in [6.07, 6.45) is 0.852. The van der Waals surface area contributed by atoms with Gasteiger partial charge in [0.2, 0.25) is 5.91 Å². The largest absolute Gasteiger partial charge is 0.461 e. The molecule has 1 aromatic heterocycles. The minimum Gasteiger partial charge on any atom is -0.461 e. The fourth-order valence-electron chi connectivity index (χ4n) is 2.67. The van der Waals surface area contributed by atoms with Gasteiger partial charge in [0.1, 0.15) is 5.69 Å². The topological polar surface area (TPSA) is 62.4 Å². The number of hydrogen-bond acceptors (Lipinski definition) is 3. The lowest BCUT2D eigenvalue weighted by Gasteiger charge is -2.14. The Kier molecular flexibility index (Phi) is 2.97. The summed E-state index contributed by atoms with van der Waals surface area (Å²) in [5.41, 5.74) is 3.37. The fourth-order valence-corrected chi connectivity index (χ4v) is 2.67. The van der Waals surface area contributed by atoms with Crippen molar-refractivity contribution in [2.75, 3.05) is 18.1 Å². The van der Waals surface area contributed by atoms with Gasteiger partial charge >= 0.3 is 5.97 Å². The minimum absolute atomic E-state index is 0.0419. The number of H-pyrrole nitrogens is 1. The fraction of sp³-hybridized carbons (Fsp3) is 0.333. The lowest BCUT2D eigenvalue weighted by molar-refractivity contribution is -0.116. The zero-order valence-electron chi connectivity index (χ0n) is 11.5. The minimum atomic E-state index is -0.354. The first-order valence-corrected chi connectivity index (χ1v) is 6.71. The van der Waals surface area contributed by atoms with E-state index in [1.54, 1.807) is 24.8 Å². The number of nitrogens with zero attached hydrogens (tertiary/aromatic N) is 1. The molecular weight excluding hydrogens is 256 g/mol. The highest BCUT2D eigenvalue weighted by Crippen LogP contribution is 2.32. The molecule has 20 heavy (non-hydrogen) atoms. The van der Waals surface area contributed by atoms with Crippen LogP contribution in [-0.2, 0) is 16.0 Å². The Labute approximate surface area is 116 Å². The van der Waals surface area contributed by atoms with Gasteiger partial charge in [0.15, 0.2) is 0 Å². The summed E-state index contributed by atoms with van der Waals surface area (Å²) in [5, 5.41) is 0.970. The number of fused-ring (bicyclic) bond motifs is 2. The van der Waals surface area contributed by atoms with Crippen LogP contribution in [0.2, 0.25) is 0 Å². The van der Waals surface area contributed by atoms with E-state index in [2.05, 4.69) is 4.98 Å². The number of amides is 1. The highest BCUT2D eigenvalue weighted by atomic mass is 16.5. The number of aromatic nitrogens is 1. The first kappa shape index (κ1) is 12.7. The normalized spacial score (nSPS) is 13.6. The van der Waals surface area contributed by atoms with E-state index in [1.807, 2.05) is 12.1 Å². The summed E-state index contributed by atoms with van der Waals surface area (Å²) < 4.78 is 4.98. The second-order valence-corrected chi connectivity index (χ2v) is 4.89. The van der Waals surface area contributed by atoms with Gasteiger partial charge in [-0.1, -0.05) is 0 Å². The highest BCUT2D eigenvalue weighted by Gasteiger charge is 2.23. The van der Waals surface area contributed by atoms with Crippen molar-refractivity contribution in [3.8, 4) is 0 Å². The van der Waals surface area contributed by atoms with Crippen LogP contribution in [0.4, 0.5) is 5.69 Å². The molecule has 1 amide bonds. The number of benzene rings is 1. The van der Waals surface area contributed by atoms with Crippen LogP contribution in [0.5, 0.6) is 0 Å². The molecule has 1 aromatic carbocycles. The molecule has 0 saturated carbocycles. The maximum Gasteiger partial charge on any atom is 0.354 e. The van der Waals surface area contributed by atoms with Crippen molar-refractivity contribution < 1.29 is 14.3 Å². The summed E-state index contributed by atoms with van der Waals surface area (Å²) in [6, 6.07) is 5.76. The summed E-state index contributed by atoms with van der Waals surface area (Å²) >= 11 is 0. The number of esters is 1. The Bertz CT molecular complexity index is 702. The van der Waals surface area contributed by atoms with Crippen molar-refractivity contribution in [2.24, 2.45) is 0 Å². The van der Waals surface area contributed by atoms with Crippen molar-refractivity contribution in [1.29, 1.82) is 0 Å². The molecule has 0 spiro atoms. The quantitative estimate of drug-likeness (QED) is 0.853. The summed E-state index contributed by atoms with van der Waals surface area (Å²) in [5.74, 6) is -0.312. The smallest absolute Gasteiger partial charge is 0.354 e. The maximum atomic E-state index is 11.7. The Morgan fingerprint density at radius 1 is 1.35 bits per heavy atom. The molecule has 0 atom stereocenters. The monoisotopic (exact) mass is 272 g/mol. The molecule has 1 N–H and O–H groups in total. The Morgan fingerprint density at radius 3 is 2.85 bits per heavy atom. The molecule has 0 saturated heterocycles. The van der Waals surface area contributed by atoms with Crippen LogP contribution < -0.4 is 4.90 Å². The predicted molar refractivity (Wildman–Crippen MR) is 76.0 cm³/mol. The number of nitrogens with one attached hydrogen (secondary N) is 1. The van der Waals surface area contributed by atoms with Crippen LogP contribution in [0, 0.1) is 0 Å². The standard InChI is InChI=1S/C15H16N2O3/c1-3-20-15(19)13-7-11-6-10-4-5-17(9(2)18)14(10)8-12(11)16-13/h6-8,16H,3-5H2,1-2H3. The van der Waals surface area contributed by atoms with Gasteiger partial charge in [-0.3, -0.25) is 4.79 Å². The molecule has 0 unspecified atom stereocenters. The Hall–Kier alpha value is -2.30. The Morgan fingerprint density at radius 2 is 2.15 bits per heavy atom. The molecule has 0 bridgehead atoms. The summed E-state index contributed by atoms with van der Waals surface area (Å²) in [4.78, 5) is 28.1. The Balaban J connectivity index is 2.05. The van der Waals surface area contributed by atoms with Crippen molar-refractivity contribution in [3.05, 3.63) is 29.5 Å². The molecule has 5 heteroatoms. The van der Waals surface area contributed by atoms with Gasteiger partial charge in [-0.05, 0) is 37.1 Å². The molecule has 104 valence electrons. The third-order valence-electron chi connectivity index (χ3n) is 3.59. The van der Waals surface area contributed by atoms with Crippen LogP contribution in [-0.4, -0.2) is 30.0 Å². The third kappa shape index (κ3) is 1.95. The van der Waals surface area contributed by atoms with Crippen molar-refractivity contribution in [3.63, 3.8) is 0 Å². The number of anilines is 1. The van der Waals surface area contributed by atoms with Gasteiger partial charge in [0.25, 0.3) is 0 Å². The van der Waals surface area contributed by atoms with Crippen LogP contribution in [0.25, 0.3) is 10.9 Å². The van der Waals surface area contributed by atoms with E-state index in [1.165, 1.54) is 0 Å². The molecule has 0 radical (unpaired) electrons. The lowest BCUT2D eigenvalue weighted by atomic mass is 10.1. The van der Waals surface area contributed by atoms with Gasteiger partial charge in [-0.2, -0.15) is 0 Å². The zero-order valence-corrected chi connectivity index (χ0v) is 11.5. The van der Waals surface area contributed by atoms with E-state index < -0.39 is 0 Å². The van der Waals surface area contributed by atoms with Crippen LogP contribution in [0.1, 0.15) is 29.9 Å². The molecule has 0 aliphatic carbocycles. The number of aromatic amines is 1. The second kappa shape index (κ2) is 4.67. The molecule has 2 aromatic rings. The molecule has 1 aliphatic rings. The number of ether oxygens (including phenoxy) is 1. The second-order valence-electron chi connectivity index (χ2n) is 4.89. The molecule has 5 nitrogen and oxygen atoms in total. The maximum absolute atomic E-state index is 11.7. The highest BCUT2D eigenvalue weighted by molar-refractivity contribution is 6.00. The van der Waals surface area contributed by atoms with Crippen LogP contribution >= 0.6 is 0 Å². The molecular formula is C15H16N2O3. The molecule has 3 rings (SSSR count). The van der Waals surface area contributed by atoms with E-state index in [9.17, 15) is 9.59 Å². The van der Waals surface area contributed by atoms with E-state index in [0.29, 0.717) is 12.3 Å². The average Bonchev–Trinajstić information content (AvgIpc) is 2.98. The van der Waals surface area contributed by atoms with Gasteiger partial charge in [-0.15, -0.1) is 0 Å². The van der Waals surface area contributed by atoms with Crippen molar-refractivity contribution >= 4 is 28.5 Å². The van der Waals surface area contributed by atoms with Crippen molar-refractivity contribution in [1.82, 2.24) is 4.98 Å². The SMILES string of the molecule is CCOC(=O)c1cc2cc3c(cc2[nH]1)N(C(C)=O)CC3. The van der Waals surface area contributed by atoms with Gasteiger partial charge < -0.3 is 14.6 Å².